The van der Waals surface area contributed by atoms with Crippen molar-refractivity contribution < 1.29 is 24.5 Å². The van der Waals surface area contributed by atoms with E-state index in [4.69, 9.17) is 0 Å². The summed E-state index contributed by atoms with van der Waals surface area (Å²) >= 11 is 0. The molecule has 2 unspecified atom stereocenters. The molecule has 0 saturated carbocycles. The number of rotatable bonds is 8. The number of aliphatic hydroxyl groups is 2. The molecule has 0 aliphatic carbocycles. The van der Waals surface area contributed by atoms with Gasteiger partial charge in [-0.25, -0.2) is 4.39 Å². The molecule has 0 aliphatic heterocycles. The number of carbonyl (C=O) groups is 1. The maximum atomic E-state index is 13.5. The minimum Gasteiger partial charge on any atom is -0.550 e. The first-order valence-electron chi connectivity index (χ1n) is 9.91. The summed E-state index contributed by atoms with van der Waals surface area (Å²) in [4.78, 5) is 10.6. The molecule has 2 N–H and O–H groups in total. The molecule has 3 rings (SSSR count). The van der Waals surface area contributed by atoms with Gasteiger partial charge < -0.3 is 24.7 Å². The Morgan fingerprint density at radius 3 is 2.39 bits per heavy atom. The van der Waals surface area contributed by atoms with Gasteiger partial charge in [0.05, 0.1) is 12.2 Å². The smallest absolute Gasteiger partial charge is 0.550 e. The van der Waals surface area contributed by atoms with Crippen LogP contribution >= 0.6 is 0 Å². The number of aliphatic hydroxyl groups excluding tert-OH is 2. The van der Waals surface area contributed by atoms with Crippen molar-refractivity contribution in [3.05, 3.63) is 66.1 Å². The van der Waals surface area contributed by atoms with Crippen LogP contribution in [0.3, 0.4) is 0 Å². The van der Waals surface area contributed by atoms with E-state index >= 15 is 0 Å². The van der Waals surface area contributed by atoms with Crippen molar-refractivity contribution in [2.75, 3.05) is 0 Å². The van der Waals surface area contributed by atoms with Gasteiger partial charge in [-0.05, 0) is 43.7 Å². The molecule has 31 heavy (non-hydrogen) atoms. The minimum atomic E-state index is -1.36. The second-order valence-electron chi connectivity index (χ2n) is 7.64. The molecule has 0 aliphatic rings. The standard InChI is InChI=1S/C24H26FNO4.Ca/c1-15(2)26-21-6-4-3-5-20(21)24(16-7-9-17(25)10-8-16)22(26)12-11-18(27)13-19(28)14-23(29)30;/h3-12,15,18-19,27-28H,13-14H2,1-2H3,(H,29,30);/q;+2/p-1/b12-11+;. The van der Waals surface area contributed by atoms with Gasteiger partial charge in [0.25, 0.3) is 0 Å². The number of hydrogen-bond donors (Lipinski definition) is 2. The Balaban J connectivity index is 0.00000341. The Morgan fingerprint density at radius 1 is 1.13 bits per heavy atom. The van der Waals surface area contributed by atoms with Gasteiger partial charge in [0.2, 0.25) is 0 Å². The Labute approximate surface area is 210 Å². The number of para-hydroxylation sites is 1. The fraction of sp³-hybridized carbons (Fsp3) is 0.292. The number of fused-ring (bicyclic) bond motifs is 1. The molecular weight excluding hydrogens is 425 g/mol. The number of hydrogen-bond acceptors (Lipinski definition) is 4. The Bertz CT molecular complexity index is 1060. The largest absolute Gasteiger partial charge is 2.00 e. The molecule has 0 amide bonds. The van der Waals surface area contributed by atoms with Crippen molar-refractivity contribution >= 4 is 60.7 Å². The third-order valence-corrected chi connectivity index (χ3v) is 4.99. The molecule has 1 aromatic heterocycles. The number of halogens is 1. The predicted octanol–water partition coefficient (Wildman–Crippen LogP) is 2.91. The topological polar surface area (TPSA) is 85.5 Å². The molecular formula is C24H25CaFNO4+. The molecule has 5 nitrogen and oxygen atoms in total. The Kier molecular flexibility index (Phi) is 9.28. The maximum absolute atomic E-state index is 13.5. The van der Waals surface area contributed by atoms with E-state index in [-0.39, 0.29) is 56.0 Å². The number of nitrogens with zero attached hydrogens (tertiary/aromatic N) is 1. The van der Waals surface area contributed by atoms with E-state index in [1.165, 1.54) is 12.1 Å². The van der Waals surface area contributed by atoms with Crippen molar-refractivity contribution in [1.82, 2.24) is 4.57 Å². The van der Waals surface area contributed by atoms with Gasteiger partial charge in [0.15, 0.2) is 0 Å². The summed E-state index contributed by atoms with van der Waals surface area (Å²) in [6.07, 6.45) is 0.450. The van der Waals surface area contributed by atoms with Crippen LogP contribution in [0.25, 0.3) is 28.1 Å². The van der Waals surface area contributed by atoms with Crippen LogP contribution in [0, 0.1) is 5.82 Å². The van der Waals surface area contributed by atoms with E-state index in [1.54, 1.807) is 24.3 Å². The summed E-state index contributed by atoms with van der Waals surface area (Å²) in [6, 6.07) is 14.3. The SMILES string of the molecule is CC(C)n1c(/C=C/C(O)CC(O)CC(=O)[O-])c(-c2ccc(F)cc2)c2ccccc21.[Ca+2]. The quantitative estimate of drug-likeness (QED) is 0.517. The van der Waals surface area contributed by atoms with E-state index < -0.39 is 24.6 Å². The summed E-state index contributed by atoms with van der Waals surface area (Å²) in [5.74, 6) is -1.68. The first-order chi connectivity index (χ1) is 14.3. The van der Waals surface area contributed by atoms with Crippen molar-refractivity contribution in [3.63, 3.8) is 0 Å². The van der Waals surface area contributed by atoms with Crippen molar-refractivity contribution in [3.8, 4) is 11.1 Å². The van der Waals surface area contributed by atoms with Crippen LogP contribution in [0.5, 0.6) is 0 Å². The molecule has 0 bridgehead atoms. The molecule has 2 aromatic carbocycles. The summed E-state index contributed by atoms with van der Waals surface area (Å²) in [6.45, 7) is 4.11. The van der Waals surface area contributed by atoms with E-state index in [0.29, 0.717) is 0 Å². The van der Waals surface area contributed by atoms with Gasteiger partial charge in [-0.3, -0.25) is 0 Å². The van der Waals surface area contributed by atoms with Crippen LogP contribution in [0.2, 0.25) is 0 Å². The molecule has 0 radical (unpaired) electrons. The molecule has 158 valence electrons. The van der Waals surface area contributed by atoms with Crippen LogP contribution in [0.1, 0.15) is 38.4 Å². The predicted molar refractivity (Wildman–Crippen MR) is 119 cm³/mol. The van der Waals surface area contributed by atoms with Crippen molar-refractivity contribution in [2.24, 2.45) is 0 Å². The molecule has 0 spiro atoms. The van der Waals surface area contributed by atoms with Gasteiger partial charge in [-0.15, -0.1) is 0 Å². The van der Waals surface area contributed by atoms with Crippen LogP contribution in [0.4, 0.5) is 4.39 Å². The summed E-state index contributed by atoms with van der Waals surface area (Å²) in [5.41, 5.74) is 3.61. The number of aromatic nitrogens is 1. The third-order valence-electron chi connectivity index (χ3n) is 4.99. The van der Waals surface area contributed by atoms with Crippen molar-refractivity contribution in [2.45, 2.75) is 44.9 Å². The van der Waals surface area contributed by atoms with E-state index in [9.17, 15) is 24.5 Å². The molecule has 3 aromatic rings. The fourth-order valence-electron chi connectivity index (χ4n) is 3.76. The van der Waals surface area contributed by atoms with E-state index in [2.05, 4.69) is 18.4 Å². The van der Waals surface area contributed by atoms with Gasteiger partial charge in [0.1, 0.15) is 5.82 Å². The third kappa shape index (κ3) is 6.18. The normalized spacial score (nSPS) is 13.5. The number of carboxylic acid groups (broad SMARTS) is 1. The second-order valence-corrected chi connectivity index (χ2v) is 7.64. The molecule has 1 heterocycles. The number of benzene rings is 2. The molecule has 2 atom stereocenters. The van der Waals surface area contributed by atoms with Crippen LogP contribution < -0.4 is 5.11 Å². The first-order valence-corrected chi connectivity index (χ1v) is 9.91. The van der Waals surface area contributed by atoms with E-state index in [0.717, 1.165) is 27.7 Å². The van der Waals surface area contributed by atoms with Crippen LogP contribution in [0.15, 0.2) is 54.6 Å². The van der Waals surface area contributed by atoms with Crippen molar-refractivity contribution in [1.29, 1.82) is 0 Å². The zero-order chi connectivity index (χ0) is 21.8. The molecule has 0 saturated heterocycles. The average molecular weight is 451 g/mol. The Morgan fingerprint density at radius 2 is 1.77 bits per heavy atom. The number of carbonyl (C=O) groups excluding carboxylic acids is 1. The van der Waals surface area contributed by atoms with Crippen LogP contribution in [-0.2, 0) is 4.79 Å². The van der Waals surface area contributed by atoms with E-state index in [1.807, 2.05) is 24.3 Å². The second kappa shape index (κ2) is 11.2. The summed E-state index contributed by atoms with van der Waals surface area (Å²) in [5, 5.41) is 31.6. The molecule has 7 heteroatoms. The number of aliphatic carboxylic acids is 1. The maximum Gasteiger partial charge on any atom is 2.00 e. The van der Waals surface area contributed by atoms with Gasteiger partial charge in [-0.1, -0.05) is 36.4 Å². The fourth-order valence-corrected chi connectivity index (χ4v) is 3.76. The monoisotopic (exact) mass is 450 g/mol. The average Bonchev–Trinajstić information content (AvgIpc) is 3.00. The van der Waals surface area contributed by atoms with Gasteiger partial charge in [0, 0.05) is 47.0 Å². The molecule has 0 fully saturated rings. The summed E-state index contributed by atoms with van der Waals surface area (Å²) < 4.78 is 15.6. The Hall–Kier alpha value is -1.70. The summed E-state index contributed by atoms with van der Waals surface area (Å²) in [7, 11) is 0. The van der Waals surface area contributed by atoms with Crippen LogP contribution in [-0.4, -0.2) is 70.7 Å². The van der Waals surface area contributed by atoms with Gasteiger partial charge in [-0.2, -0.15) is 0 Å². The first kappa shape index (κ1) is 25.6. The minimum absolute atomic E-state index is 0. The zero-order valence-corrected chi connectivity index (χ0v) is 19.9. The number of carboxylic acids is 1. The zero-order valence-electron chi connectivity index (χ0n) is 17.7. The van der Waals surface area contributed by atoms with Gasteiger partial charge >= 0.3 is 37.7 Å².